The van der Waals surface area contributed by atoms with Crippen LogP contribution in [0.5, 0.6) is 0 Å². The van der Waals surface area contributed by atoms with Crippen molar-refractivity contribution in [1.29, 1.82) is 0 Å². The van der Waals surface area contributed by atoms with Gasteiger partial charge in [0.1, 0.15) is 0 Å². The van der Waals surface area contributed by atoms with Gasteiger partial charge >= 0.3 is 0 Å². The van der Waals surface area contributed by atoms with Crippen molar-refractivity contribution in [2.24, 2.45) is 5.92 Å². The van der Waals surface area contributed by atoms with E-state index in [0.29, 0.717) is 5.92 Å². The fourth-order valence-corrected chi connectivity index (χ4v) is 0.925. The minimum Gasteiger partial charge on any atom is -0.395 e. The number of aliphatic hydroxyl groups is 1. The molecule has 0 aromatic rings. The summed E-state index contributed by atoms with van der Waals surface area (Å²) in [5, 5.41) is 12.3. The summed E-state index contributed by atoms with van der Waals surface area (Å²) in [5.41, 5.74) is 1.31. The van der Waals surface area contributed by atoms with E-state index < -0.39 is 0 Å². The van der Waals surface area contributed by atoms with E-state index >= 15 is 0 Å². The number of allylic oxidation sites excluding steroid dienone is 1. The first-order valence-electron chi connectivity index (χ1n) is 4.55. The molecule has 0 spiro atoms. The molecule has 0 radical (unpaired) electrons. The molecule has 0 aliphatic carbocycles. The molecule has 12 heavy (non-hydrogen) atoms. The van der Waals surface area contributed by atoms with Gasteiger partial charge in [-0.25, -0.2) is 0 Å². The zero-order chi connectivity index (χ0) is 9.56. The van der Waals surface area contributed by atoms with E-state index in [-0.39, 0.29) is 12.6 Å². The van der Waals surface area contributed by atoms with E-state index in [2.05, 4.69) is 39.1 Å². The van der Waals surface area contributed by atoms with Crippen molar-refractivity contribution >= 4 is 0 Å². The highest BCUT2D eigenvalue weighted by molar-refractivity contribution is 4.95. The lowest BCUT2D eigenvalue weighted by Crippen LogP contribution is -2.37. The summed E-state index contributed by atoms with van der Waals surface area (Å²) < 4.78 is 0. The average Bonchev–Trinajstić information content (AvgIpc) is 1.96. The molecule has 0 aromatic heterocycles. The lowest BCUT2D eigenvalue weighted by atomic mass is 10.1. The van der Waals surface area contributed by atoms with E-state index in [1.807, 2.05) is 0 Å². The van der Waals surface area contributed by atoms with Gasteiger partial charge in [0.15, 0.2) is 0 Å². The highest BCUT2D eigenvalue weighted by atomic mass is 16.3. The van der Waals surface area contributed by atoms with Gasteiger partial charge in [-0.1, -0.05) is 25.5 Å². The monoisotopic (exact) mass is 171 g/mol. The van der Waals surface area contributed by atoms with Crippen molar-refractivity contribution in [3.63, 3.8) is 0 Å². The average molecular weight is 171 g/mol. The third-order valence-electron chi connectivity index (χ3n) is 1.89. The van der Waals surface area contributed by atoms with Crippen molar-refractivity contribution in [1.82, 2.24) is 5.32 Å². The lowest BCUT2D eigenvalue weighted by molar-refractivity contribution is 0.214. The van der Waals surface area contributed by atoms with E-state index in [1.165, 1.54) is 5.57 Å². The van der Waals surface area contributed by atoms with E-state index in [0.717, 1.165) is 6.54 Å². The Balaban J connectivity index is 3.66. The van der Waals surface area contributed by atoms with Crippen LogP contribution in [0.2, 0.25) is 0 Å². The van der Waals surface area contributed by atoms with Gasteiger partial charge in [0, 0.05) is 12.6 Å². The highest BCUT2D eigenvalue weighted by Crippen LogP contribution is 1.99. The molecule has 0 rings (SSSR count). The Hall–Kier alpha value is -0.340. The molecule has 2 nitrogen and oxygen atoms in total. The second-order valence-corrected chi connectivity index (χ2v) is 3.72. The molecule has 1 unspecified atom stereocenters. The molecule has 0 aliphatic rings. The molecule has 0 heterocycles. The minimum atomic E-state index is 0.217. The van der Waals surface area contributed by atoms with Crippen LogP contribution in [-0.2, 0) is 0 Å². The second kappa shape index (κ2) is 6.21. The third kappa shape index (κ3) is 5.33. The molecule has 0 amide bonds. The van der Waals surface area contributed by atoms with Crippen LogP contribution in [-0.4, -0.2) is 24.3 Å². The summed E-state index contributed by atoms with van der Waals surface area (Å²) >= 11 is 0. The normalized spacial score (nSPS) is 13.2. The Labute approximate surface area is 75.7 Å². The van der Waals surface area contributed by atoms with Crippen LogP contribution < -0.4 is 5.32 Å². The molecule has 0 saturated carbocycles. The molecule has 0 saturated heterocycles. The Morgan fingerprint density at radius 1 is 1.42 bits per heavy atom. The fraction of sp³-hybridized carbons (Fsp3) is 0.800. The minimum absolute atomic E-state index is 0.217. The van der Waals surface area contributed by atoms with Gasteiger partial charge in [-0.2, -0.15) is 0 Å². The summed E-state index contributed by atoms with van der Waals surface area (Å²) in [7, 11) is 0. The molecular formula is C10H21NO. The van der Waals surface area contributed by atoms with Gasteiger partial charge in [0.05, 0.1) is 6.61 Å². The SMILES string of the molecule is CC(C)=CCNC(CO)C(C)C. The van der Waals surface area contributed by atoms with Crippen molar-refractivity contribution in [2.75, 3.05) is 13.2 Å². The quantitative estimate of drug-likeness (QED) is 0.615. The van der Waals surface area contributed by atoms with Crippen LogP contribution in [0.15, 0.2) is 11.6 Å². The topological polar surface area (TPSA) is 32.3 Å². The van der Waals surface area contributed by atoms with E-state index in [1.54, 1.807) is 0 Å². The third-order valence-corrected chi connectivity index (χ3v) is 1.89. The summed E-state index contributed by atoms with van der Waals surface area (Å²) in [5.74, 6) is 0.487. The molecule has 0 aromatic carbocycles. The van der Waals surface area contributed by atoms with Gasteiger partial charge < -0.3 is 10.4 Å². The summed E-state index contributed by atoms with van der Waals surface area (Å²) in [6.07, 6.45) is 2.13. The Kier molecular flexibility index (Phi) is 6.03. The van der Waals surface area contributed by atoms with Crippen LogP contribution in [0, 0.1) is 5.92 Å². The molecule has 0 bridgehead atoms. The molecule has 1 atom stereocenters. The molecule has 0 aliphatic heterocycles. The predicted molar refractivity (Wildman–Crippen MR) is 53.1 cm³/mol. The number of hydrogen-bond donors (Lipinski definition) is 2. The van der Waals surface area contributed by atoms with E-state index in [4.69, 9.17) is 5.11 Å². The predicted octanol–water partition coefficient (Wildman–Crippen LogP) is 1.56. The zero-order valence-corrected chi connectivity index (χ0v) is 8.59. The van der Waals surface area contributed by atoms with Crippen molar-refractivity contribution in [3.05, 3.63) is 11.6 Å². The summed E-state index contributed by atoms with van der Waals surface area (Å²) in [6, 6.07) is 0.223. The van der Waals surface area contributed by atoms with Crippen LogP contribution >= 0.6 is 0 Å². The Morgan fingerprint density at radius 2 is 2.00 bits per heavy atom. The zero-order valence-electron chi connectivity index (χ0n) is 8.59. The van der Waals surface area contributed by atoms with Crippen molar-refractivity contribution < 1.29 is 5.11 Å². The maximum atomic E-state index is 8.98. The van der Waals surface area contributed by atoms with Crippen LogP contribution in [0.1, 0.15) is 27.7 Å². The first-order chi connectivity index (χ1) is 5.57. The maximum Gasteiger partial charge on any atom is 0.0587 e. The van der Waals surface area contributed by atoms with Gasteiger partial charge in [-0.3, -0.25) is 0 Å². The fourth-order valence-electron chi connectivity index (χ4n) is 0.925. The maximum absolute atomic E-state index is 8.98. The number of rotatable bonds is 5. The van der Waals surface area contributed by atoms with Crippen LogP contribution in [0.3, 0.4) is 0 Å². The van der Waals surface area contributed by atoms with Crippen molar-refractivity contribution in [3.8, 4) is 0 Å². The highest BCUT2D eigenvalue weighted by Gasteiger charge is 2.09. The lowest BCUT2D eigenvalue weighted by Gasteiger charge is -2.18. The molecule has 72 valence electrons. The van der Waals surface area contributed by atoms with Crippen molar-refractivity contribution in [2.45, 2.75) is 33.7 Å². The van der Waals surface area contributed by atoms with Gasteiger partial charge in [-0.05, 0) is 19.8 Å². The number of hydrogen-bond acceptors (Lipinski definition) is 2. The van der Waals surface area contributed by atoms with Crippen LogP contribution in [0.25, 0.3) is 0 Å². The first-order valence-corrected chi connectivity index (χ1v) is 4.55. The Bertz CT molecular complexity index is 137. The second-order valence-electron chi connectivity index (χ2n) is 3.72. The van der Waals surface area contributed by atoms with Gasteiger partial charge in [-0.15, -0.1) is 0 Å². The van der Waals surface area contributed by atoms with Gasteiger partial charge in [0.2, 0.25) is 0 Å². The molecule has 2 heteroatoms. The molecule has 0 fully saturated rings. The summed E-state index contributed by atoms with van der Waals surface area (Å²) in [4.78, 5) is 0. The van der Waals surface area contributed by atoms with Gasteiger partial charge in [0.25, 0.3) is 0 Å². The standard InChI is InChI=1S/C10H21NO/c1-8(2)5-6-11-10(7-12)9(3)4/h5,9-12H,6-7H2,1-4H3. The van der Waals surface area contributed by atoms with Crippen LogP contribution in [0.4, 0.5) is 0 Å². The Morgan fingerprint density at radius 3 is 2.33 bits per heavy atom. The number of nitrogens with one attached hydrogen (secondary N) is 1. The molecule has 2 N–H and O–H groups in total. The smallest absolute Gasteiger partial charge is 0.0587 e. The number of aliphatic hydroxyl groups excluding tert-OH is 1. The largest absolute Gasteiger partial charge is 0.395 e. The molecular weight excluding hydrogens is 150 g/mol. The first kappa shape index (κ1) is 11.7. The van der Waals surface area contributed by atoms with E-state index in [9.17, 15) is 0 Å². The summed E-state index contributed by atoms with van der Waals surface area (Å²) in [6.45, 7) is 9.43.